The number of methoxy groups -OCH3 is 1. The number of H-pyrrole nitrogens is 1. The molecule has 2 aromatic heterocycles. The van der Waals surface area contributed by atoms with Crippen molar-refractivity contribution in [1.82, 2.24) is 9.55 Å². The van der Waals surface area contributed by atoms with E-state index in [2.05, 4.69) is 50.5 Å². The Morgan fingerprint density at radius 2 is 1.92 bits per heavy atom. The molecule has 24 heavy (non-hydrogen) atoms. The van der Waals surface area contributed by atoms with Crippen LogP contribution >= 0.6 is 11.6 Å². The standard InChI is InChI=1S/C19H18ClN3O/c1-24-15-9-7-14(8-10-15)18-13-23-17-6-3-2-5-16(17)21-19(23)22(18)12-4-11-20/h2-3,5-10,13H,4,11-12H2,1H3/p+1. The maximum atomic E-state index is 5.94. The molecule has 0 bridgehead atoms. The van der Waals surface area contributed by atoms with E-state index in [0.29, 0.717) is 5.88 Å². The molecule has 0 aliphatic carbocycles. The van der Waals surface area contributed by atoms with Crippen LogP contribution in [0.25, 0.3) is 28.1 Å². The van der Waals surface area contributed by atoms with Crippen LogP contribution in [0.4, 0.5) is 0 Å². The van der Waals surface area contributed by atoms with Crippen LogP contribution in [0, 0.1) is 0 Å². The van der Waals surface area contributed by atoms with Crippen molar-refractivity contribution < 1.29 is 9.14 Å². The molecule has 0 aliphatic heterocycles. The third-order valence-electron chi connectivity index (χ3n) is 4.34. The van der Waals surface area contributed by atoms with Crippen LogP contribution in [0.15, 0.2) is 54.7 Å². The van der Waals surface area contributed by atoms with Crippen molar-refractivity contribution >= 4 is 28.4 Å². The van der Waals surface area contributed by atoms with Gasteiger partial charge in [0.05, 0.1) is 13.7 Å². The summed E-state index contributed by atoms with van der Waals surface area (Å²) in [5.41, 5.74) is 4.63. The summed E-state index contributed by atoms with van der Waals surface area (Å²) < 4.78 is 9.77. The van der Waals surface area contributed by atoms with E-state index >= 15 is 0 Å². The summed E-state index contributed by atoms with van der Waals surface area (Å²) in [4.78, 5) is 3.53. The van der Waals surface area contributed by atoms with Gasteiger partial charge in [-0.1, -0.05) is 12.1 Å². The van der Waals surface area contributed by atoms with E-state index < -0.39 is 0 Å². The molecule has 4 aromatic rings. The van der Waals surface area contributed by atoms with Crippen molar-refractivity contribution in [2.75, 3.05) is 13.0 Å². The normalized spacial score (nSPS) is 11.4. The van der Waals surface area contributed by atoms with E-state index in [1.54, 1.807) is 7.11 Å². The lowest BCUT2D eigenvalue weighted by Gasteiger charge is -2.04. The maximum absolute atomic E-state index is 5.94. The largest absolute Gasteiger partial charge is 0.497 e. The molecule has 2 heterocycles. The first-order chi connectivity index (χ1) is 11.8. The number of aromatic amines is 1. The Balaban J connectivity index is 1.92. The predicted molar refractivity (Wildman–Crippen MR) is 96.8 cm³/mol. The fourth-order valence-electron chi connectivity index (χ4n) is 3.15. The number of nitrogens with one attached hydrogen (secondary N) is 1. The number of fused-ring (bicyclic) bond motifs is 3. The monoisotopic (exact) mass is 340 g/mol. The molecule has 0 unspecified atom stereocenters. The van der Waals surface area contributed by atoms with Crippen molar-refractivity contribution in [2.45, 2.75) is 13.0 Å². The number of halogens is 1. The highest BCUT2D eigenvalue weighted by molar-refractivity contribution is 6.17. The summed E-state index contributed by atoms with van der Waals surface area (Å²) in [7, 11) is 1.68. The number of imidazole rings is 2. The second kappa shape index (κ2) is 6.21. The molecular weight excluding hydrogens is 322 g/mol. The summed E-state index contributed by atoms with van der Waals surface area (Å²) in [5, 5.41) is 0. The summed E-state index contributed by atoms with van der Waals surface area (Å²) >= 11 is 5.94. The minimum atomic E-state index is 0.645. The summed E-state index contributed by atoms with van der Waals surface area (Å²) in [5.74, 6) is 2.58. The van der Waals surface area contributed by atoms with Crippen molar-refractivity contribution in [3.63, 3.8) is 0 Å². The highest BCUT2D eigenvalue weighted by Gasteiger charge is 2.21. The number of ether oxygens (including phenoxy) is 1. The van der Waals surface area contributed by atoms with Crippen molar-refractivity contribution in [2.24, 2.45) is 0 Å². The predicted octanol–water partition coefficient (Wildman–Crippen LogP) is 4.01. The van der Waals surface area contributed by atoms with Crippen LogP contribution in [0.3, 0.4) is 0 Å². The Morgan fingerprint density at radius 1 is 1.12 bits per heavy atom. The summed E-state index contributed by atoms with van der Waals surface area (Å²) in [6.45, 7) is 0.869. The molecule has 0 saturated heterocycles. The van der Waals surface area contributed by atoms with Gasteiger partial charge in [-0.2, -0.15) is 4.40 Å². The molecule has 0 spiro atoms. The zero-order valence-corrected chi connectivity index (χ0v) is 14.3. The van der Waals surface area contributed by atoms with Gasteiger partial charge in [-0.05, 0) is 42.8 Å². The Morgan fingerprint density at radius 3 is 2.67 bits per heavy atom. The smallest absolute Gasteiger partial charge is 0.368 e. The van der Waals surface area contributed by atoms with E-state index in [-0.39, 0.29) is 0 Å². The minimum Gasteiger partial charge on any atom is -0.497 e. The zero-order valence-electron chi connectivity index (χ0n) is 13.5. The third-order valence-corrected chi connectivity index (χ3v) is 4.60. The lowest BCUT2D eigenvalue weighted by atomic mass is 10.1. The average molecular weight is 341 g/mol. The fraction of sp³-hybridized carbons (Fsp3) is 0.211. The van der Waals surface area contributed by atoms with Gasteiger partial charge in [0.2, 0.25) is 0 Å². The summed E-state index contributed by atoms with van der Waals surface area (Å²) in [6, 6.07) is 16.5. The quantitative estimate of drug-likeness (QED) is 0.432. The maximum Gasteiger partial charge on any atom is 0.368 e. The molecule has 0 saturated carbocycles. The number of aryl methyl sites for hydroxylation is 1. The lowest BCUT2D eigenvalue weighted by molar-refractivity contribution is -0.479. The lowest BCUT2D eigenvalue weighted by Crippen LogP contribution is -2.16. The van der Waals surface area contributed by atoms with E-state index in [1.807, 2.05) is 18.2 Å². The van der Waals surface area contributed by atoms with Gasteiger partial charge in [-0.3, -0.25) is 0 Å². The van der Waals surface area contributed by atoms with Gasteiger partial charge in [-0.15, -0.1) is 11.6 Å². The Hall–Kier alpha value is -2.46. The molecule has 4 nitrogen and oxygen atoms in total. The number of aromatic nitrogens is 3. The van der Waals surface area contributed by atoms with Gasteiger partial charge >= 0.3 is 5.78 Å². The van der Waals surface area contributed by atoms with Gasteiger partial charge in [0.1, 0.15) is 28.7 Å². The van der Waals surface area contributed by atoms with Crippen LogP contribution in [0.1, 0.15) is 6.42 Å². The molecule has 122 valence electrons. The van der Waals surface area contributed by atoms with E-state index in [4.69, 9.17) is 16.3 Å². The van der Waals surface area contributed by atoms with Crippen molar-refractivity contribution in [3.8, 4) is 17.0 Å². The number of benzene rings is 2. The SMILES string of the molecule is COc1ccc(-c2c[n+]3c4ccccc4[nH]c3n2CCCCl)cc1. The van der Waals surface area contributed by atoms with E-state index in [9.17, 15) is 0 Å². The number of rotatable bonds is 5. The number of para-hydroxylation sites is 2. The van der Waals surface area contributed by atoms with Gasteiger partial charge in [0.25, 0.3) is 0 Å². The van der Waals surface area contributed by atoms with E-state index in [1.165, 1.54) is 11.2 Å². The van der Waals surface area contributed by atoms with Gasteiger partial charge in [0, 0.05) is 11.4 Å². The van der Waals surface area contributed by atoms with Crippen LogP contribution in [-0.4, -0.2) is 22.5 Å². The third kappa shape index (κ3) is 2.43. The number of nitrogens with zero attached hydrogens (tertiary/aromatic N) is 2. The Labute approximate surface area is 145 Å². The topological polar surface area (TPSA) is 34.0 Å². The molecule has 4 rings (SSSR count). The second-order valence-electron chi connectivity index (χ2n) is 5.77. The first-order valence-electron chi connectivity index (χ1n) is 8.04. The molecule has 2 aromatic carbocycles. The Bertz CT molecular complexity index is 985. The first-order valence-corrected chi connectivity index (χ1v) is 8.57. The molecule has 0 aliphatic rings. The number of hydrogen-bond donors (Lipinski definition) is 1. The highest BCUT2D eigenvalue weighted by Crippen LogP contribution is 2.25. The van der Waals surface area contributed by atoms with Gasteiger partial charge in [-0.25, -0.2) is 9.55 Å². The molecule has 0 amide bonds. The van der Waals surface area contributed by atoms with E-state index in [0.717, 1.165) is 35.6 Å². The molecular formula is C19H19ClN3O+. The van der Waals surface area contributed by atoms with Crippen LogP contribution < -0.4 is 9.14 Å². The van der Waals surface area contributed by atoms with Crippen LogP contribution in [0.5, 0.6) is 5.75 Å². The molecule has 1 N–H and O–H groups in total. The van der Waals surface area contributed by atoms with Crippen molar-refractivity contribution in [1.29, 1.82) is 0 Å². The average Bonchev–Trinajstić information content (AvgIpc) is 3.16. The molecule has 5 heteroatoms. The zero-order chi connectivity index (χ0) is 16.5. The highest BCUT2D eigenvalue weighted by atomic mass is 35.5. The van der Waals surface area contributed by atoms with Gasteiger partial charge < -0.3 is 4.74 Å². The Kier molecular flexibility index (Phi) is 3.90. The molecule has 0 radical (unpaired) electrons. The molecule has 0 atom stereocenters. The number of hydrogen-bond acceptors (Lipinski definition) is 1. The second-order valence-corrected chi connectivity index (χ2v) is 6.15. The van der Waals surface area contributed by atoms with Gasteiger partial charge in [0.15, 0.2) is 0 Å². The number of alkyl halides is 1. The van der Waals surface area contributed by atoms with Crippen LogP contribution in [-0.2, 0) is 6.54 Å². The van der Waals surface area contributed by atoms with Crippen molar-refractivity contribution in [3.05, 3.63) is 54.7 Å². The minimum absolute atomic E-state index is 0.645. The first kappa shape index (κ1) is 15.1. The van der Waals surface area contributed by atoms with Crippen LogP contribution in [0.2, 0.25) is 0 Å². The fourth-order valence-corrected chi connectivity index (χ4v) is 3.27. The summed E-state index contributed by atoms with van der Waals surface area (Å²) in [6.07, 6.45) is 3.11. The molecule has 0 fully saturated rings.